The van der Waals surface area contributed by atoms with Gasteiger partial charge in [0.2, 0.25) is 0 Å². The number of hydrogen-bond acceptors (Lipinski definition) is 3. The summed E-state index contributed by atoms with van der Waals surface area (Å²) in [7, 11) is 0. The van der Waals surface area contributed by atoms with Gasteiger partial charge >= 0.3 is 0 Å². The topological polar surface area (TPSA) is 35.5 Å². The molecule has 2 aliphatic rings. The number of ketones is 1. The van der Waals surface area contributed by atoms with Crippen LogP contribution in [0.5, 0.6) is 0 Å². The first-order chi connectivity index (χ1) is 5.38. The molecule has 0 spiro atoms. The van der Waals surface area contributed by atoms with Crippen LogP contribution in [0.4, 0.5) is 0 Å². The van der Waals surface area contributed by atoms with Crippen molar-refractivity contribution in [3.8, 4) is 0 Å². The van der Waals surface area contributed by atoms with Crippen LogP contribution in [0.2, 0.25) is 0 Å². The van der Waals surface area contributed by atoms with E-state index in [9.17, 15) is 4.79 Å². The van der Waals surface area contributed by atoms with E-state index in [4.69, 9.17) is 9.47 Å². The molecule has 0 bridgehead atoms. The molecule has 0 fully saturated rings. The normalized spacial score (nSPS) is 28.2. The number of carbonyl (C=O) groups excluding carboxylic acids is 1. The lowest BCUT2D eigenvalue weighted by atomic mass is 9.96. The second-order valence-electron chi connectivity index (χ2n) is 2.56. The Hall–Kier alpha value is -1.25. The predicted octanol–water partition coefficient (Wildman–Crippen LogP) is 0.977. The van der Waals surface area contributed by atoms with Gasteiger partial charge in [-0.25, -0.2) is 0 Å². The molecule has 0 saturated heterocycles. The highest BCUT2D eigenvalue weighted by Gasteiger charge is 2.28. The Balaban J connectivity index is 2.29. The summed E-state index contributed by atoms with van der Waals surface area (Å²) < 4.78 is 10.1. The monoisotopic (exact) mass is 152 g/mol. The Morgan fingerprint density at radius 3 is 3.27 bits per heavy atom. The lowest BCUT2D eigenvalue weighted by Gasteiger charge is -2.23. The molecule has 11 heavy (non-hydrogen) atoms. The van der Waals surface area contributed by atoms with Crippen LogP contribution in [0.3, 0.4) is 0 Å². The van der Waals surface area contributed by atoms with Crippen molar-refractivity contribution in [2.75, 3.05) is 6.61 Å². The Labute approximate surface area is 64.3 Å². The van der Waals surface area contributed by atoms with Gasteiger partial charge in [-0.1, -0.05) is 0 Å². The summed E-state index contributed by atoms with van der Waals surface area (Å²) in [5.74, 6) is 0.670. The fraction of sp³-hybridized carbons (Fsp3) is 0.375. The molecule has 0 aromatic rings. The lowest BCUT2D eigenvalue weighted by Crippen LogP contribution is -2.23. The standard InChI is InChI=1S/C8H8O3/c9-7-2-4-11-8-5-10-3-1-6(7)8/h2,4-6H,1,3H2. The molecule has 0 amide bonds. The van der Waals surface area contributed by atoms with Gasteiger partial charge in [-0.05, 0) is 6.42 Å². The smallest absolute Gasteiger partial charge is 0.169 e. The van der Waals surface area contributed by atoms with Crippen molar-refractivity contribution >= 4 is 5.78 Å². The van der Waals surface area contributed by atoms with E-state index < -0.39 is 0 Å². The fourth-order valence-corrected chi connectivity index (χ4v) is 1.24. The second kappa shape index (κ2) is 2.42. The maximum Gasteiger partial charge on any atom is 0.169 e. The summed E-state index contributed by atoms with van der Waals surface area (Å²) in [6.45, 7) is 0.608. The Bertz CT molecular complexity index is 240. The van der Waals surface area contributed by atoms with Gasteiger partial charge in [0.1, 0.15) is 12.0 Å². The lowest BCUT2D eigenvalue weighted by molar-refractivity contribution is -0.120. The molecule has 2 rings (SSSR count). The average Bonchev–Trinajstić information content (AvgIpc) is 2.06. The van der Waals surface area contributed by atoms with E-state index in [1.807, 2.05) is 0 Å². The van der Waals surface area contributed by atoms with Crippen LogP contribution in [0, 0.1) is 5.92 Å². The predicted molar refractivity (Wildman–Crippen MR) is 37.4 cm³/mol. The molecule has 0 saturated carbocycles. The molecule has 0 aliphatic carbocycles. The molecule has 0 aromatic carbocycles. The largest absolute Gasteiger partial charge is 0.498 e. The van der Waals surface area contributed by atoms with Crippen molar-refractivity contribution in [2.45, 2.75) is 6.42 Å². The number of hydrogen-bond donors (Lipinski definition) is 0. The average molecular weight is 152 g/mol. The molecule has 2 heterocycles. The number of rotatable bonds is 0. The van der Waals surface area contributed by atoms with Gasteiger partial charge in [-0.15, -0.1) is 0 Å². The van der Waals surface area contributed by atoms with Gasteiger partial charge in [-0.2, -0.15) is 0 Å². The Kier molecular flexibility index (Phi) is 1.42. The van der Waals surface area contributed by atoms with Crippen molar-refractivity contribution in [3.63, 3.8) is 0 Å². The van der Waals surface area contributed by atoms with E-state index in [1.54, 1.807) is 0 Å². The quantitative estimate of drug-likeness (QED) is 0.519. The fourth-order valence-electron chi connectivity index (χ4n) is 1.24. The van der Waals surface area contributed by atoms with E-state index in [1.165, 1.54) is 18.6 Å². The number of fused-ring (bicyclic) bond motifs is 1. The molecule has 58 valence electrons. The van der Waals surface area contributed by atoms with Gasteiger partial charge < -0.3 is 9.47 Å². The number of allylic oxidation sites excluding steroid dienone is 2. The van der Waals surface area contributed by atoms with Crippen LogP contribution in [-0.4, -0.2) is 12.4 Å². The van der Waals surface area contributed by atoms with Gasteiger partial charge in [0, 0.05) is 6.08 Å². The molecule has 3 nitrogen and oxygen atoms in total. The van der Waals surface area contributed by atoms with E-state index in [2.05, 4.69) is 0 Å². The summed E-state index contributed by atoms with van der Waals surface area (Å²) >= 11 is 0. The van der Waals surface area contributed by atoms with Crippen molar-refractivity contribution in [3.05, 3.63) is 24.4 Å². The van der Waals surface area contributed by atoms with E-state index in [0.717, 1.165) is 6.42 Å². The first-order valence-corrected chi connectivity index (χ1v) is 3.56. The minimum absolute atomic E-state index is 0.0891. The first-order valence-electron chi connectivity index (χ1n) is 3.56. The van der Waals surface area contributed by atoms with Crippen LogP contribution in [0.15, 0.2) is 24.4 Å². The molecule has 0 radical (unpaired) electrons. The Morgan fingerprint density at radius 2 is 2.45 bits per heavy atom. The molecule has 0 aromatic heterocycles. The summed E-state index contributed by atoms with van der Waals surface area (Å²) in [5, 5.41) is 0. The van der Waals surface area contributed by atoms with Gasteiger partial charge in [0.05, 0.1) is 18.8 Å². The summed E-state index contributed by atoms with van der Waals surface area (Å²) in [6, 6.07) is 0. The van der Waals surface area contributed by atoms with Crippen molar-refractivity contribution in [1.82, 2.24) is 0 Å². The van der Waals surface area contributed by atoms with Crippen molar-refractivity contribution in [1.29, 1.82) is 0 Å². The van der Waals surface area contributed by atoms with E-state index in [-0.39, 0.29) is 11.7 Å². The zero-order valence-electron chi connectivity index (χ0n) is 5.95. The minimum Gasteiger partial charge on any atom is -0.498 e. The van der Waals surface area contributed by atoms with E-state index in [0.29, 0.717) is 12.4 Å². The second-order valence-corrected chi connectivity index (χ2v) is 2.56. The van der Waals surface area contributed by atoms with Gasteiger partial charge in [0.25, 0.3) is 0 Å². The Morgan fingerprint density at radius 1 is 1.55 bits per heavy atom. The van der Waals surface area contributed by atoms with Crippen LogP contribution < -0.4 is 0 Å². The van der Waals surface area contributed by atoms with Crippen LogP contribution in [-0.2, 0) is 14.3 Å². The third-order valence-corrected chi connectivity index (χ3v) is 1.85. The molecule has 3 heteroatoms. The van der Waals surface area contributed by atoms with Crippen LogP contribution >= 0.6 is 0 Å². The van der Waals surface area contributed by atoms with Crippen molar-refractivity contribution < 1.29 is 14.3 Å². The number of ether oxygens (including phenoxy) is 2. The van der Waals surface area contributed by atoms with Gasteiger partial charge in [0.15, 0.2) is 5.78 Å². The van der Waals surface area contributed by atoms with Crippen LogP contribution in [0.25, 0.3) is 0 Å². The summed E-state index contributed by atoms with van der Waals surface area (Å²) in [5.41, 5.74) is 0. The highest BCUT2D eigenvalue weighted by molar-refractivity contribution is 5.94. The number of carbonyl (C=O) groups is 1. The highest BCUT2D eigenvalue weighted by Crippen LogP contribution is 2.25. The molecular formula is C8H8O3. The third-order valence-electron chi connectivity index (χ3n) is 1.85. The van der Waals surface area contributed by atoms with Gasteiger partial charge in [-0.3, -0.25) is 4.79 Å². The SMILES string of the molecule is O=C1C=COC2=COCCC12. The molecule has 1 unspecified atom stereocenters. The molecule has 1 atom stereocenters. The van der Waals surface area contributed by atoms with E-state index >= 15 is 0 Å². The zero-order valence-corrected chi connectivity index (χ0v) is 5.95. The molecule has 2 aliphatic heterocycles. The summed E-state index contributed by atoms with van der Waals surface area (Å²) in [6.07, 6.45) is 5.12. The minimum atomic E-state index is -0.0891. The zero-order chi connectivity index (χ0) is 7.68. The van der Waals surface area contributed by atoms with Crippen LogP contribution in [0.1, 0.15) is 6.42 Å². The third kappa shape index (κ3) is 1.02. The molecule has 0 N–H and O–H groups in total. The van der Waals surface area contributed by atoms with Crippen molar-refractivity contribution in [2.24, 2.45) is 5.92 Å². The maximum atomic E-state index is 11.2. The summed E-state index contributed by atoms with van der Waals surface area (Å²) in [4.78, 5) is 11.2. The maximum absolute atomic E-state index is 11.2. The molecular weight excluding hydrogens is 144 g/mol. The first kappa shape index (κ1) is 6.46. The highest BCUT2D eigenvalue weighted by atomic mass is 16.5.